The highest BCUT2D eigenvalue weighted by Gasteiger charge is 2.47. The predicted octanol–water partition coefficient (Wildman–Crippen LogP) is -5.14. The molecule has 0 saturated heterocycles. The van der Waals surface area contributed by atoms with Crippen LogP contribution in [0.4, 0.5) is 0 Å². The molecule has 10 heteroatoms. The summed E-state index contributed by atoms with van der Waals surface area (Å²) in [5.41, 5.74) is 0. The predicted molar refractivity (Wildman–Crippen MR) is 54.1 cm³/mol. The molecule has 2 rings (SSSR count). The molecule has 4 atom stereocenters. The molecule has 0 aromatic carbocycles. The first-order valence-electron chi connectivity index (χ1n) is 5.08. The average molecular weight is 288 g/mol. The summed E-state index contributed by atoms with van der Waals surface area (Å²) in [5, 5.41) is 34.3. The molecule has 2 aliphatic rings. The Labute approximate surface area is 109 Å². The minimum atomic E-state index is -1.85. The molecule has 0 amide bonds. The Bertz CT molecular complexity index is 440. The van der Waals surface area contributed by atoms with Crippen LogP contribution in [-0.4, -0.2) is 79.5 Å². The lowest BCUT2D eigenvalue weighted by molar-refractivity contribution is -0.142. The van der Waals surface area contributed by atoms with Crippen molar-refractivity contribution in [3.63, 3.8) is 0 Å². The fourth-order valence-corrected chi connectivity index (χ4v) is 1.35. The van der Waals surface area contributed by atoms with Crippen molar-refractivity contribution in [3.8, 4) is 0 Å². The number of ketones is 6. The van der Waals surface area contributed by atoms with E-state index in [0.29, 0.717) is 0 Å². The van der Waals surface area contributed by atoms with Crippen molar-refractivity contribution in [2.45, 2.75) is 24.4 Å². The van der Waals surface area contributed by atoms with Gasteiger partial charge in [-0.15, -0.1) is 0 Å². The van der Waals surface area contributed by atoms with Crippen LogP contribution in [0.2, 0.25) is 0 Å². The van der Waals surface area contributed by atoms with E-state index in [9.17, 15) is 28.8 Å². The minimum absolute atomic E-state index is 1.22. The highest BCUT2D eigenvalue weighted by atomic mass is 16.4. The van der Waals surface area contributed by atoms with Crippen molar-refractivity contribution in [2.75, 3.05) is 0 Å². The van der Waals surface area contributed by atoms with Crippen LogP contribution in [0, 0.1) is 0 Å². The van der Waals surface area contributed by atoms with E-state index < -0.39 is 59.1 Å². The van der Waals surface area contributed by atoms with E-state index in [0.717, 1.165) is 0 Å². The van der Waals surface area contributed by atoms with Crippen LogP contribution in [0.5, 0.6) is 0 Å². The molecule has 0 aliphatic heterocycles. The molecule has 4 unspecified atom stereocenters. The van der Waals surface area contributed by atoms with E-state index in [-0.39, 0.29) is 0 Å². The molecule has 2 saturated carbocycles. The lowest BCUT2D eigenvalue weighted by Gasteiger charge is -1.99. The summed E-state index contributed by atoms with van der Waals surface area (Å²) in [4.78, 5) is 62.0. The number of Topliss-reactive ketones (excluding diaryl/α,β-unsaturated/α-hetero) is 6. The van der Waals surface area contributed by atoms with Gasteiger partial charge in [-0.05, 0) is 0 Å². The second-order valence-electron chi connectivity index (χ2n) is 3.89. The number of aliphatic hydroxyl groups excluding tert-OH is 4. The van der Waals surface area contributed by atoms with Gasteiger partial charge in [-0.1, -0.05) is 0 Å². The summed E-state index contributed by atoms with van der Waals surface area (Å²) in [5.74, 6) is -7.54. The zero-order valence-corrected chi connectivity index (χ0v) is 9.55. The van der Waals surface area contributed by atoms with E-state index in [1.54, 1.807) is 0 Å². The molecule has 0 aromatic rings. The van der Waals surface area contributed by atoms with Crippen LogP contribution >= 0.6 is 0 Å². The van der Waals surface area contributed by atoms with Gasteiger partial charge in [-0.2, -0.15) is 0 Å². The monoisotopic (exact) mass is 288 g/mol. The first-order chi connectivity index (χ1) is 9.11. The lowest BCUT2D eigenvalue weighted by atomic mass is 10.2. The van der Waals surface area contributed by atoms with Crippen LogP contribution in [0.15, 0.2) is 0 Å². The molecule has 0 bridgehead atoms. The number of hydrogen-bond acceptors (Lipinski definition) is 10. The van der Waals surface area contributed by atoms with Gasteiger partial charge in [-0.25, -0.2) is 0 Å². The first kappa shape index (κ1) is 15.9. The Morgan fingerprint density at radius 3 is 0.650 bits per heavy atom. The third-order valence-corrected chi connectivity index (χ3v) is 2.57. The second-order valence-corrected chi connectivity index (χ2v) is 3.89. The molecule has 10 nitrogen and oxygen atoms in total. The SMILES string of the molecule is O=C1C(=O)C(O)C(O)C1=O.O=C1C(=O)C(O)C(O)C1=O. The minimum Gasteiger partial charge on any atom is -0.382 e. The van der Waals surface area contributed by atoms with Gasteiger partial charge in [0.1, 0.15) is 0 Å². The summed E-state index contributed by atoms with van der Waals surface area (Å²) in [6.45, 7) is 0. The van der Waals surface area contributed by atoms with Gasteiger partial charge in [0.05, 0.1) is 0 Å². The molecule has 108 valence electrons. The van der Waals surface area contributed by atoms with Crippen molar-refractivity contribution in [1.82, 2.24) is 0 Å². The highest BCUT2D eigenvalue weighted by Crippen LogP contribution is 2.08. The number of carbonyl (C=O) groups is 6. The van der Waals surface area contributed by atoms with Crippen molar-refractivity contribution < 1.29 is 49.2 Å². The van der Waals surface area contributed by atoms with Gasteiger partial charge in [0, 0.05) is 0 Å². The zero-order valence-electron chi connectivity index (χ0n) is 9.55. The molecule has 2 fully saturated rings. The maximum Gasteiger partial charge on any atom is 0.269 e. The molecular weight excluding hydrogens is 280 g/mol. The molecule has 4 N–H and O–H groups in total. The largest absolute Gasteiger partial charge is 0.382 e. The van der Waals surface area contributed by atoms with Crippen molar-refractivity contribution in [1.29, 1.82) is 0 Å². The molecule has 0 radical (unpaired) electrons. The quantitative estimate of drug-likeness (QED) is 0.314. The third kappa shape index (κ3) is 2.44. The lowest BCUT2D eigenvalue weighted by Crippen LogP contribution is -2.27. The Balaban J connectivity index is 0.000000200. The standard InChI is InChI=1S/2C5H4O5/c2*6-1-2(7)4(9)5(10)3(1)8/h2*1-2,6-7H. The van der Waals surface area contributed by atoms with Crippen molar-refractivity contribution >= 4 is 34.7 Å². The van der Waals surface area contributed by atoms with Crippen LogP contribution in [0.3, 0.4) is 0 Å². The summed E-state index contributed by atoms with van der Waals surface area (Å²) < 4.78 is 0. The van der Waals surface area contributed by atoms with Gasteiger partial charge in [0.2, 0.25) is 23.1 Å². The van der Waals surface area contributed by atoms with Crippen LogP contribution < -0.4 is 0 Å². The first-order valence-corrected chi connectivity index (χ1v) is 5.08. The van der Waals surface area contributed by atoms with E-state index in [2.05, 4.69) is 0 Å². The molecule has 0 aromatic heterocycles. The Morgan fingerprint density at radius 1 is 0.450 bits per heavy atom. The van der Waals surface area contributed by atoms with Crippen LogP contribution in [0.1, 0.15) is 0 Å². The zero-order chi connectivity index (χ0) is 15.8. The molecule has 2 aliphatic carbocycles. The average Bonchev–Trinajstić information content (AvgIpc) is 2.71. The second kappa shape index (κ2) is 5.46. The number of hydrogen-bond donors (Lipinski definition) is 4. The molecular formula is C10H8O10. The Kier molecular flexibility index (Phi) is 4.35. The number of carbonyl (C=O) groups excluding carboxylic acids is 6. The van der Waals surface area contributed by atoms with Gasteiger partial charge < -0.3 is 20.4 Å². The van der Waals surface area contributed by atoms with E-state index in [1.165, 1.54) is 0 Å². The van der Waals surface area contributed by atoms with Gasteiger partial charge in [0.15, 0.2) is 24.4 Å². The number of aliphatic hydroxyl groups is 4. The van der Waals surface area contributed by atoms with Crippen LogP contribution in [0.25, 0.3) is 0 Å². The topological polar surface area (TPSA) is 183 Å². The third-order valence-electron chi connectivity index (χ3n) is 2.57. The normalized spacial score (nSPS) is 33.6. The van der Waals surface area contributed by atoms with Crippen molar-refractivity contribution in [2.24, 2.45) is 0 Å². The fraction of sp³-hybridized carbons (Fsp3) is 0.400. The number of rotatable bonds is 0. The summed E-state index contributed by atoms with van der Waals surface area (Å²) in [6, 6.07) is 0. The van der Waals surface area contributed by atoms with Gasteiger partial charge in [-0.3, -0.25) is 28.8 Å². The smallest absolute Gasteiger partial charge is 0.269 e. The Morgan fingerprint density at radius 2 is 0.600 bits per heavy atom. The fourth-order valence-electron chi connectivity index (χ4n) is 1.35. The maximum atomic E-state index is 10.3. The highest BCUT2D eigenvalue weighted by molar-refractivity contribution is 6.69. The summed E-state index contributed by atoms with van der Waals surface area (Å²) in [7, 11) is 0. The van der Waals surface area contributed by atoms with Crippen molar-refractivity contribution in [3.05, 3.63) is 0 Å². The maximum absolute atomic E-state index is 10.3. The van der Waals surface area contributed by atoms with E-state index in [4.69, 9.17) is 20.4 Å². The Hall–Kier alpha value is -2.14. The molecule has 0 heterocycles. The van der Waals surface area contributed by atoms with Gasteiger partial charge >= 0.3 is 0 Å². The van der Waals surface area contributed by atoms with Gasteiger partial charge in [0.25, 0.3) is 11.6 Å². The van der Waals surface area contributed by atoms with Crippen LogP contribution in [-0.2, 0) is 28.8 Å². The molecule has 20 heavy (non-hydrogen) atoms. The van der Waals surface area contributed by atoms with E-state index in [1.807, 2.05) is 0 Å². The summed E-state index contributed by atoms with van der Waals surface area (Å²) >= 11 is 0. The van der Waals surface area contributed by atoms with E-state index >= 15 is 0 Å². The summed E-state index contributed by atoms with van der Waals surface area (Å²) in [6.07, 6.45) is -7.39. The molecule has 0 spiro atoms.